The SMILES string of the molecule is O=C(Cc1ccsc1)c1cn(C2CCNCC2)nn1. The molecule has 1 saturated heterocycles. The van der Waals surface area contributed by atoms with Crippen LogP contribution in [0, 0.1) is 0 Å². The smallest absolute Gasteiger partial charge is 0.189 e. The van der Waals surface area contributed by atoms with Crippen molar-refractivity contribution in [3.05, 3.63) is 34.3 Å². The fourth-order valence-electron chi connectivity index (χ4n) is 2.32. The molecule has 3 rings (SSSR count). The van der Waals surface area contributed by atoms with Crippen LogP contribution in [0.4, 0.5) is 0 Å². The van der Waals surface area contributed by atoms with Crippen molar-refractivity contribution in [2.75, 3.05) is 13.1 Å². The third-order valence-electron chi connectivity index (χ3n) is 3.42. The lowest BCUT2D eigenvalue weighted by Gasteiger charge is -2.22. The number of nitrogens with zero attached hydrogens (tertiary/aromatic N) is 3. The molecule has 2 aromatic rings. The molecule has 0 spiro atoms. The lowest BCUT2D eigenvalue weighted by Crippen LogP contribution is -2.29. The number of rotatable bonds is 4. The summed E-state index contributed by atoms with van der Waals surface area (Å²) in [7, 11) is 0. The zero-order valence-electron chi connectivity index (χ0n) is 10.6. The van der Waals surface area contributed by atoms with Gasteiger partial charge in [0.25, 0.3) is 0 Å². The number of hydrogen-bond acceptors (Lipinski definition) is 5. The molecule has 0 radical (unpaired) electrons. The third-order valence-corrected chi connectivity index (χ3v) is 4.16. The summed E-state index contributed by atoms with van der Waals surface area (Å²) in [4.78, 5) is 12.1. The molecule has 19 heavy (non-hydrogen) atoms. The monoisotopic (exact) mass is 276 g/mol. The van der Waals surface area contributed by atoms with E-state index in [-0.39, 0.29) is 5.78 Å². The van der Waals surface area contributed by atoms with E-state index in [1.165, 1.54) is 0 Å². The predicted octanol–water partition coefficient (Wildman–Crippen LogP) is 1.69. The molecule has 3 heterocycles. The number of aromatic nitrogens is 3. The second-order valence-electron chi connectivity index (χ2n) is 4.80. The Morgan fingerprint density at radius 3 is 3.05 bits per heavy atom. The first-order valence-electron chi connectivity index (χ1n) is 6.50. The van der Waals surface area contributed by atoms with Crippen LogP contribution in [0.2, 0.25) is 0 Å². The maximum absolute atomic E-state index is 12.1. The number of ketones is 1. The van der Waals surface area contributed by atoms with Gasteiger partial charge in [0.2, 0.25) is 0 Å². The van der Waals surface area contributed by atoms with Crippen LogP contribution in [-0.4, -0.2) is 33.9 Å². The highest BCUT2D eigenvalue weighted by Gasteiger charge is 2.18. The maximum Gasteiger partial charge on any atom is 0.189 e. The summed E-state index contributed by atoms with van der Waals surface area (Å²) >= 11 is 1.60. The summed E-state index contributed by atoms with van der Waals surface area (Å²) in [5.74, 6) is 0.0404. The summed E-state index contributed by atoms with van der Waals surface area (Å²) in [5, 5.41) is 15.4. The molecule has 1 aliphatic rings. The van der Waals surface area contributed by atoms with Gasteiger partial charge in [-0.15, -0.1) is 5.10 Å². The molecular formula is C13H16N4OS. The second kappa shape index (κ2) is 5.63. The molecule has 1 N–H and O–H groups in total. The van der Waals surface area contributed by atoms with Crippen LogP contribution in [0.1, 0.15) is 34.9 Å². The molecule has 1 aliphatic heterocycles. The topological polar surface area (TPSA) is 59.8 Å². The normalized spacial score (nSPS) is 16.6. The van der Waals surface area contributed by atoms with Crippen LogP contribution < -0.4 is 5.32 Å². The highest BCUT2D eigenvalue weighted by atomic mass is 32.1. The molecule has 0 atom stereocenters. The predicted molar refractivity (Wildman–Crippen MR) is 73.5 cm³/mol. The molecule has 0 saturated carbocycles. The van der Waals surface area contributed by atoms with Gasteiger partial charge in [0.05, 0.1) is 12.2 Å². The van der Waals surface area contributed by atoms with Crippen LogP contribution in [0.25, 0.3) is 0 Å². The molecule has 2 aromatic heterocycles. The molecule has 0 aliphatic carbocycles. The van der Waals surface area contributed by atoms with Crippen molar-refractivity contribution >= 4 is 17.1 Å². The van der Waals surface area contributed by atoms with Crippen molar-refractivity contribution in [1.82, 2.24) is 20.3 Å². The Kier molecular flexibility index (Phi) is 3.70. The number of carbonyl (C=O) groups is 1. The van der Waals surface area contributed by atoms with E-state index in [4.69, 9.17) is 0 Å². The van der Waals surface area contributed by atoms with Crippen LogP contribution in [0.5, 0.6) is 0 Å². The first-order valence-corrected chi connectivity index (χ1v) is 7.44. The Hall–Kier alpha value is -1.53. The summed E-state index contributed by atoms with van der Waals surface area (Å²) in [6.07, 6.45) is 4.29. The molecule has 0 unspecified atom stereocenters. The van der Waals surface area contributed by atoms with Gasteiger partial charge in [-0.05, 0) is 48.3 Å². The van der Waals surface area contributed by atoms with Crippen molar-refractivity contribution in [2.24, 2.45) is 0 Å². The minimum Gasteiger partial charge on any atom is -0.317 e. The number of nitrogens with one attached hydrogen (secondary N) is 1. The molecule has 100 valence electrons. The van der Waals surface area contributed by atoms with E-state index in [2.05, 4.69) is 15.6 Å². The largest absolute Gasteiger partial charge is 0.317 e. The Balaban J connectivity index is 1.68. The zero-order valence-corrected chi connectivity index (χ0v) is 11.4. The average molecular weight is 276 g/mol. The van der Waals surface area contributed by atoms with Gasteiger partial charge in [0.1, 0.15) is 5.69 Å². The molecule has 1 fully saturated rings. The van der Waals surface area contributed by atoms with Gasteiger partial charge in [0, 0.05) is 6.42 Å². The number of Topliss-reactive ketones (excluding diaryl/α,β-unsaturated/α-hetero) is 1. The highest BCUT2D eigenvalue weighted by molar-refractivity contribution is 7.08. The van der Waals surface area contributed by atoms with E-state index in [0.717, 1.165) is 31.5 Å². The standard InChI is InChI=1S/C13H16N4OS/c18-13(7-10-3-6-19-9-10)12-8-17(16-15-12)11-1-4-14-5-2-11/h3,6,8-9,11,14H,1-2,4-5,7H2. The fraction of sp³-hybridized carbons (Fsp3) is 0.462. The highest BCUT2D eigenvalue weighted by Crippen LogP contribution is 2.17. The van der Waals surface area contributed by atoms with Crippen molar-refractivity contribution in [3.8, 4) is 0 Å². The van der Waals surface area contributed by atoms with Crippen molar-refractivity contribution < 1.29 is 4.79 Å². The Bertz CT molecular complexity index is 543. The first-order chi connectivity index (χ1) is 9.33. The van der Waals surface area contributed by atoms with E-state index in [1.54, 1.807) is 17.5 Å². The van der Waals surface area contributed by atoms with Crippen LogP contribution in [0.3, 0.4) is 0 Å². The minimum atomic E-state index is 0.0404. The van der Waals surface area contributed by atoms with Crippen LogP contribution in [0.15, 0.2) is 23.0 Å². The minimum absolute atomic E-state index is 0.0404. The lowest BCUT2D eigenvalue weighted by atomic mass is 10.1. The van der Waals surface area contributed by atoms with Gasteiger partial charge < -0.3 is 5.32 Å². The summed E-state index contributed by atoms with van der Waals surface area (Å²) < 4.78 is 1.85. The Labute approximate surface area is 115 Å². The van der Waals surface area contributed by atoms with Gasteiger partial charge in [-0.3, -0.25) is 4.79 Å². The Morgan fingerprint density at radius 2 is 2.32 bits per heavy atom. The van der Waals surface area contributed by atoms with Crippen molar-refractivity contribution in [3.63, 3.8) is 0 Å². The number of carbonyl (C=O) groups excluding carboxylic acids is 1. The quantitative estimate of drug-likeness (QED) is 0.863. The molecule has 0 bridgehead atoms. The lowest BCUT2D eigenvalue weighted by molar-refractivity contribution is 0.0988. The molecule has 6 heteroatoms. The van der Waals surface area contributed by atoms with Gasteiger partial charge in [-0.25, -0.2) is 4.68 Å². The van der Waals surface area contributed by atoms with Crippen LogP contribution in [-0.2, 0) is 6.42 Å². The van der Waals surface area contributed by atoms with Crippen molar-refractivity contribution in [1.29, 1.82) is 0 Å². The van der Waals surface area contributed by atoms with Crippen molar-refractivity contribution in [2.45, 2.75) is 25.3 Å². The molecular weight excluding hydrogens is 260 g/mol. The van der Waals surface area contributed by atoms with Gasteiger partial charge >= 0.3 is 0 Å². The van der Waals surface area contributed by atoms with E-state index >= 15 is 0 Å². The van der Waals surface area contributed by atoms with E-state index in [9.17, 15) is 4.79 Å². The Morgan fingerprint density at radius 1 is 1.47 bits per heavy atom. The van der Waals surface area contributed by atoms with E-state index in [1.807, 2.05) is 21.5 Å². The van der Waals surface area contributed by atoms with E-state index < -0.39 is 0 Å². The summed E-state index contributed by atoms with van der Waals surface area (Å²) in [5.41, 5.74) is 1.52. The fourth-order valence-corrected chi connectivity index (χ4v) is 2.99. The molecule has 0 amide bonds. The first kappa shape index (κ1) is 12.5. The number of piperidine rings is 1. The summed E-state index contributed by atoms with van der Waals surface area (Å²) in [6.45, 7) is 2.01. The van der Waals surface area contributed by atoms with Crippen LogP contribution >= 0.6 is 11.3 Å². The van der Waals surface area contributed by atoms with E-state index in [0.29, 0.717) is 18.2 Å². The van der Waals surface area contributed by atoms with Gasteiger partial charge in [-0.1, -0.05) is 5.21 Å². The molecule has 5 nitrogen and oxygen atoms in total. The molecule has 0 aromatic carbocycles. The van der Waals surface area contributed by atoms with Gasteiger partial charge in [-0.2, -0.15) is 11.3 Å². The summed E-state index contributed by atoms with van der Waals surface area (Å²) in [6, 6.07) is 2.34. The second-order valence-corrected chi connectivity index (χ2v) is 5.58. The zero-order chi connectivity index (χ0) is 13.1. The van der Waals surface area contributed by atoms with Gasteiger partial charge in [0.15, 0.2) is 5.78 Å². The number of thiophene rings is 1. The third kappa shape index (κ3) is 2.90. The number of hydrogen-bond donors (Lipinski definition) is 1. The maximum atomic E-state index is 12.1. The average Bonchev–Trinajstić information content (AvgIpc) is 3.10.